The van der Waals surface area contributed by atoms with E-state index in [9.17, 15) is 18.0 Å². The van der Waals surface area contributed by atoms with E-state index in [4.69, 9.17) is 4.42 Å². The smallest absolute Gasteiger partial charge is 0.416 e. The quantitative estimate of drug-likeness (QED) is 0.633. The normalized spacial score (nSPS) is 15.0. The molecule has 0 spiro atoms. The first-order valence-electron chi connectivity index (χ1n) is 7.68. The zero-order valence-electron chi connectivity index (χ0n) is 12.6. The summed E-state index contributed by atoms with van der Waals surface area (Å²) in [7, 11) is 0. The second kappa shape index (κ2) is 5.23. The highest BCUT2D eigenvalue weighted by atomic mass is 19.4. The molecule has 1 aliphatic carbocycles. The van der Waals surface area contributed by atoms with Crippen LogP contribution in [0.1, 0.15) is 29.9 Å². The SMILES string of the molecule is O=c1oc(-c2cccc(C(F)(F)F)c2)c(C2CC2)c2ccccc12. The minimum absolute atomic E-state index is 0.226. The number of hydrogen-bond acceptors (Lipinski definition) is 2. The zero-order chi connectivity index (χ0) is 16.9. The lowest BCUT2D eigenvalue weighted by molar-refractivity contribution is -0.137. The van der Waals surface area contributed by atoms with Crippen LogP contribution in [-0.4, -0.2) is 0 Å². The molecule has 0 N–H and O–H groups in total. The van der Waals surface area contributed by atoms with E-state index in [0.717, 1.165) is 35.9 Å². The van der Waals surface area contributed by atoms with Crippen molar-refractivity contribution in [1.82, 2.24) is 0 Å². The van der Waals surface area contributed by atoms with Gasteiger partial charge in [0.05, 0.1) is 10.9 Å². The molecule has 0 atom stereocenters. The van der Waals surface area contributed by atoms with Crippen LogP contribution in [0, 0.1) is 0 Å². The van der Waals surface area contributed by atoms with Gasteiger partial charge in [-0.3, -0.25) is 0 Å². The van der Waals surface area contributed by atoms with Gasteiger partial charge >= 0.3 is 11.8 Å². The number of alkyl halides is 3. The molecule has 0 unspecified atom stereocenters. The third-order valence-electron chi connectivity index (χ3n) is 4.31. The van der Waals surface area contributed by atoms with E-state index in [2.05, 4.69) is 0 Å². The van der Waals surface area contributed by atoms with Crippen molar-refractivity contribution >= 4 is 10.8 Å². The van der Waals surface area contributed by atoms with E-state index in [0.29, 0.717) is 5.39 Å². The summed E-state index contributed by atoms with van der Waals surface area (Å²) in [5.41, 5.74) is -0.154. The van der Waals surface area contributed by atoms with Crippen LogP contribution in [0.15, 0.2) is 57.7 Å². The number of benzene rings is 2. The largest absolute Gasteiger partial charge is 0.422 e. The molecule has 1 aliphatic rings. The van der Waals surface area contributed by atoms with Gasteiger partial charge in [-0.1, -0.05) is 30.3 Å². The maximum absolute atomic E-state index is 13.0. The zero-order valence-corrected chi connectivity index (χ0v) is 12.6. The van der Waals surface area contributed by atoms with Crippen molar-refractivity contribution in [3.8, 4) is 11.3 Å². The number of fused-ring (bicyclic) bond motifs is 1. The van der Waals surface area contributed by atoms with E-state index in [1.807, 2.05) is 12.1 Å². The number of hydrogen-bond donors (Lipinski definition) is 0. The summed E-state index contributed by atoms with van der Waals surface area (Å²) in [6, 6.07) is 12.0. The van der Waals surface area contributed by atoms with Gasteiger partial charge in [-0.2, -0.15) is 13.2 Å². The second-order valence-electron chi connectivity index (χ2n) is 6.03. The molecule has 1 heterocycles. The Hall–Kier alpha value is -2.56. The highest BCUT2D eigenvalue weighted by molar-refractivity contribution is 5.89. The molecule has 5 heteroatoms. The Labute approximate surface area is 135 Å². The lowest BCUT2D eigenvalue weighted by Crippen LogP contribution is -2.06. The monoisotopic (exact) mass is 330 g/mol. The average Bonchev–Trinajstić information content (AvgIpc) is 3.39. The third-order valence-corrected chi connectivity index (χ3v) is 4.31. The molecule has 4 rings (SSSR count). The molecule has 1 aromatic heterocycles. The first kappa shape index (κ1) is 15.0. The predicted octanol–water partition coefficient (Wildman–Crippen LogP) is 5.36. The van der Waals surface area contributed by atoms with Gasteiger partial charge in [0.2, 0.25) is 0 Å². The first-order chi connectivity index (χ1) is 11.4. The Morgan fingerprint density at radius 3 is 2.33 bits per heavy atom. The van der Waals surface area contributed by atoms with E-state index < -0.39 is 17.4 Å². The molecule has 2 aromatic carbocycles. The Kier molecular flexibility index (Phi) is 3.27. The summed E-state index contributed by atoms with van der Waals surface area (Å²) in [4.78, 5) is 12.3. The fourth-order valence-electron chi connectivity index (χ4n) is 3.05. The van der Waals surface area contributed by atoms with Crippen molar-refractivity contribution in [2.75, 3.05) is 0 Å². The van der Waals surface area contributed by atoms with Gasteiger partial charge in [-0.05, 0) is 42.3 Å². The van der Waals surface area contributed by atoms with Crippen LogP contribution >= 0.6 is 0 Å². The minimum Gasteiger partial charge on any atom is -0.422 e. The molecule has 3 aromatic rings. The van der Waals surface area contributed by atoms with Gasteiger partial charge < -0.3 is 4.42 Å². The second-order valence-corrected chi connectivity index (χ2v) is 6.03. The molecular formula is C19H13F3O2. The molecule has 0 amide bonds. The Morgan fingerprint density at radius 2 is 1.67 bits per heavy atom. The van der Waals surface area contributed by atoms with Crippen LogP contribution < -0.4 is 5.63 Å². The summed E-state index contributed by atoms with van der Waals surface area (Å²) in [6.45, 7) is 0. The highest BCUT2D eigenvalue weighted by Gasteiger charge is 2.33. The van der Waals surface area contributed by atoms with Crippen LogP contribution in [0.4, 0.5) is 13.2 Å². The van der Waals surface area contributed by atoms with Crippen molar-refractivity contribution in [3.05, 3.63) is 70.1 Å². The third kappa shape index (κ3) is 2.50. The van der Waals surface area contributed by atoms with Crippen molar-refractivity contribution < 1.29 is 17.6 Å². The molecule has 24 heavy (non-hydrogen) atoms. The topological polar surface area (TPSA) is 30.2 Å². The van der Waals surface area contributed by atoms with E-state index >= 15 is 0 Å². The van der Waals surface area contributed by atoms with Crippen molar-refractivity contribution in [2.24, 2.45) is 0 Å². The summed E-state index contributed by atoms with van der Waals surface area (Å²) in [5.74, 6) is 0.482. The van der Waals surface area contributed by atoms with Crippen LogP contribution in [-0.2, 0) is 6.18 Å². The Balaban J connectivity index is 2.01. The summed E-state index contributed by atoms with van der Waals surface area (Å²) >= 11 is 0. The summed E-state index contributed by atoms with van der Waals surface area (Å²) in [5, 5.41) is 1.23. The number of rotatable bonds is 2. The molecule has 2 nitrogen and oxygen atoms in total. The molecule has 0 radical (unpaired) electrons. The standard InChI is InChI=1S/C19H13F3O2/c20-19(21,22)13-5-3-4-12(10-13)17-16(11-8-9-11)14-6-1-2-7-15(14)18(23)24-17/h1-7,10-11H,8-9H2. The molecule has 122 valence electrons. The molecule has 0 bridgehead atoms. The predicted molar refractivity (Wildman–Crippen MR) is 84.9 cm³/mol. The maximum atomic E-state index is 13.0. The van der Waals surface area contributed by atoms with Crippen LogP contribution in [0.3, 0.4) is 0 Å². The van der Waals surface area contributed by atoms with E-state index in [-0.39, 0.29) is 17.2 Å². The van der Waals surface area contributed by atoms with E-state index in [1.165, 1.54) is 6.07 Å². The fraction of sp³-hybridized carbons (Fsp3) is 0.211. The Bertz CT molecular complexity index is 982. The molecule has 0 aliphatic heterocycles. The van der Waals surface area contributed by atoms with Crippen molar-refractivity contribution in [3.63, 3.8) is 0 Å². The van der Waals surface area contributed by atoms with Gasteiger partial charge in [0.25, 0.3) is 0 Å². The van der Waals surface area contributed by atoms with Crippen LogP contribution in [0.25, 0.3) is 22.1 Å². The van der Waals surface area contributed by atoms with Crippen LogP contribution in [0.2, 0.25) is 0 Å². The number of halogens is 3. The van der Waals surface area contributed by atoms with Gasteiger partial charge in [0, 0.05) is 11.1 Å². The maximum Gasteiger partial charge on any atom is 0.416 e. The minimum atomic E-state index is -4.44. The van der Waals surface area contributed by atoms with Crippen LogP contribution in [0.5, 0.6) is 0 Å². The first-order valence-corrected chi connectivity index (χ1v) is 7.68. The summed E-state index contributed by atoms with van der Waals surface area (Å²) in [6.07, 6.45) is -2.54. The van der Waals surface area contributed by atoms with E-state index in [1.54, 1.807) is 18.2 Å². The lowest BCUT2D eigenvalue weighted by atomic mass is 9.97. The van der Waals surface area contributed by atoms with Gasteiger partial charge in [-0.25, -0.2) is 4.79 Å². The highest BCUT2D eigenvalue weighted by Crippen LogP contribution is 2.47. The lowest BCUT2D eigenvalue weighted by Gasteiger charge is -2.13. The van der Waals surface area contributed by atoms with Gasteiger partial charge in [-0.15, -0.1) is 0 Å². The Morgan fingerprint density at radius 1 is 0.958 bits per heavy atom. The van der Waals surface area contributed by atoms with Crippen molar-refractivity contribution in [2.45, 2.75) is 24.9 Å². The average molecular weight is 330 g/mol. The molecule has 0 saturated heterocycles. The molecule has 1 fully saturated rings. The van der Waals surface area contributed by atoms with Crippen molar-refractivity contribution in [1.29, 1.82) is 0 Å². The molecular weight excluding hydrogens is 317 g/mol. The fourth-order valence-corrected chi connectivity index (χ4v) is 3.05. The van der Waals surface area contributed by atoms with Gasteiger partial charge in [0.15, 0.2) is 0 Å². The summed E-state index contributed by atoms with van der Waals surface area (Å²) < 4.78 is 44.4. The molecule has 1 saturated carbocycles. The van der Waals surface area contributed by atoms with Gasteiger partial charge in [0.1, 0.15) is 5.76 Å².